The molecule has 0 bridgehead atoms. The van der Waals surface area contributed by atoms with E-state index in [4.69, 9.17) is 4.74 Å². The van der Waals surface area contributed by atoms with E-state index in [-0.39, 0.29) is 17.9 Å². The van der Waals surface area contributed by atoms with Crippen molar-refractivity contribution in [1.29, 1.82) is 0 Å². The Balaban J connectivity index is 1.54. The number of amides is 3. The van der Waals surface area contributed by atoms with Crippen LogP contribution in [0.3, 0.4) is 0 Å². The molecule has 1 atom stereocenters. The summed E-state index contributed by atoms with van der Waals surface area (Å²) in [6.07, 6.45) is 2.44. The third kappa shape index (κ3) is 4.34. The molecule has 1 aliphatic rings. The summed E-state index contributed by atoms with van der Waals surface area (Å²) in [7, 11) is 1.66. The van der Waals surface area contributed by atoms with Gasteiger partial charge in [0.1, 0.15) is 11.3 Å². The third-order valence-corrected chi connectivity index (χ3v) is 5.61. The molecule has 29 heavy (non-hydrogen) atoms. The van der Waals surface area contributed by atoms with Gasteiger partial charge in [-0.2, -0.15) is 0 Å². The first-order valence-corrected chi connectivity index (χ1v) is 9.85. The van der Waals surface area contributed by atoms with Crippen molar-refractivity contribution in [3.63, 3.8) is 0 Å². The van der Waals surface area contributed by atoms with Crippen molar-refractivity contribution >= 4 is 11.9 Å². The monoisotopic (exact) mass is 392 g/mol. The number of rotatable bonds is 8. The van der Waals surface area contributed by atoms with Gasteiger partial charge in [-0.15, -0.1) is 6.58 Å². The predicted molar refractivity (Wildman–Crippen MR) is 115 cm³/mol. The fourth-order valence-electron chi connectivity index (χ4n) is 3.32. The highest BCUT2D eigenvalue weighted by atomic mass is 16.5. The van der Waals surface area contributed by atoms with Gasteiger partial charge in [-0.05, 0) is 43.5 Å². The summed E-state index contributed by atoms with van der Waals surface area (Å²) in [5.41, 5.74) is 1.50. The number of carbonyl (C=O) groups is 2. The third-order valence-electron chi connectivity index (χ3n) is 5.61. The van der Waals surface area contributed by atoms with Gasteiger partial charge in [-0.1, -0.05) is 48.5 Å². The summed E-state index contributed by atoms with van der Waals surface area (Å²) >= 11 is 0. The van der Waals surface area contributed by atoms with E-state index in [9.17, 15) is 9.59 Å². The molecule has 0 aromatic heterocycles. The largest absolute Gasteiger partial charge is 0.493 e. The van der Waals surface area contributed by atoms with Crippen molar-refractivity contribution in [3.05, 3.63) is 67.3 Å². The standard InChI is InChI=1S/C24H28N2O3/c1-5-18(15-16-26-22(27)24(2,3)25(4)23(26)28)17-29-21-13-11-20(12-14-21)19-9-7-6-8-10-19/h5-14,18H,1,15-17H2,2-4H3. The van der Waals surface area contributed by atoms with Gasteiger partial charge in [0.2, 0.25) is 0 Å². The molecule has 5 heteroatoms. The van der Waals surface area contributed by atoms with Crippen LogP contribution in [0.5, 0.6) is 5.75 Å². The van der Waals surface area contributed by atoms with Crippen LogP contribution in [0.2, 0.25) is 0 Å². The summed E-state index contributed by atoms with van der Waals surface area (Å²) in [6.45, 7) is 8.21. The first-order valence-electron chi connectivity index (χ1n) is 9.85. The Morgan fingerprint density at radius 2 is 1.66 bits per heavy atom. The Morgan fingerprint density at radius 3 is 2.21 bits per heavy atom. The SMILES string of the molecule is C=CC(CCN1C(=O)N(C)C(C)(C)C1=O)COc1ccc(-c2ccccc2)cc1. The number of hydrogen-bond acceptors (Lipinski definition) is 3. The highest BCUT2D eigenvalue weighted by Gasteiger charge is 2.48. The molecule has 152 valence electrons. The number of benzene rings is 2. The Bertz CT molecular complexity index is 875. The van der Waals surface area contributed by atoms with Gasteiger partial charge in [-0.25, -0.2) is 4.79 Å². The lowest BCUT2D eigenvalue weighted by Crippen LogP contribution is -2.41. The molecule has 1 unspecified atom stereocenters. The van der Waals surface area contributed by atoms with E-state index < -0.39 is 5.54 Å². The van der Waals surface area contributed by atoms with Gasteiger partial charge in [0.05, 0.1) is 6.61 Å². The lowest BCUT2D eigenvalue weighted by molar-refractivity contribution is -0.131. The second kappa shape index (κ2) is 8.52. The minimum atomic E-state index is -0.794. The van der Waals surface area contributed by atoms with Crippen LogP contribution in [0, 0.1) is 5.92 Å². The van der Waals surface area contributed by atoms with Gasteiger partial charge in [0.15, 0.2) is 0 Å². The van der Waals surface area contributed by atoms with Gasteiger partial charge < -0.3 is 9.64 Å². The molecular weight excluding hydrogens is 364 g/mol. The van der Waals surface area contributed by atoms with E-state index >= 15 is 0 Å². The smallest absolute Gasteiger partial charge is 0.327 e. The minimum Gasteiger partial charge on any atom is -0.493 e. The maximum absolute atomic E-state index is 12.5. The van der Waals surface area contributed by atoms with Crippen LogP contribution in [0.25, 0.3) is 11.1 Å². The highest BCUT2D eigenvalue weighted by Crippen LogP contribution is 2.27. The van der Waals surface area contributed by atoms with Crippen molar-refractivity contribution < 1.29 is 14.3 Å². The molecule has 0 spiro atoms. The van der Waals surface area contributed by atoms with Crippen LogP contribution < -0.4 is 4.74 Å². The Labute approximate surface area is 172 Å². The zero-order valence-electron chi connectivity index (χ0n) is 17.3. The molecule has 1 heterocycles. The fourth-order valence-corrected chi connectivity index (χ4v) is 3.32. The van der Waals surface area contributed by atoms with Gasteiger partial charge >= 0.3 is 6.03 Å². The molecule has 1 fully saturated rings. The first-order chi connectivity index (χ1) is 13.8. The predicted octanol–water partition coefficient (Wildman–Crippen LogP) is 4.60. The minimum absolute atomic E-state index is 0.0402. The maximum atomic E-state index is 12.5. The van der Waals surface area contributed by atoms with E-state index in [1.54, 1.807) is 20.9 Å². The van der Waals surface area contributed by atoms with E-state index in [0.29, 0.717) is 19.6 Å². The number of urea groups is 1. The second-order valence-corrected chi connectivity index (χ2v) is 7.84. The molecule has 0 radical (unpaired) electrons. The van der Waals surface area contributed by atoms with Gasteiger partial charge in [0, 0.05) is 19.5 Å². The Kier molecular flexibility index (Phi) is 6.06. The zero-order chi connectivity index (χ0) is 21.0. The first kappa shape index (κ1) is 20.6. The van der Waals surface area contributed by atoms with Gasteiger partial charge in [-0.3, -0.25) is 9.69 Å². The number of nitrogens with zero attached hydrogens (tertiary/aromatic N) is 2. The lowest BCUT2D eigenvalue weighted by atomic mass is 10.0. The summed E-state index contributed by atoms with van der Waals surface area (Å²) in [6, 6.07) is 17.9. The zero-order valence-corrected chi connectivity index (χ0v) is 17.3. The van der Waals surface area contributed by atoms with Crippen molar-refractivity contribution in [1.82, 2.24) is 9.80 Å². The van der Waals surface area contributed by atoms with Crippen LogP contribution in [0.15, 0.2) is 67.3 Å². The second-order valence-electron chi connectivity index (χ2n) is 7.84. The van der Waals surface area contributed by atoms with E-state index in [2.05, 4.69) is 18.7 Å². The Morgan fingerprint density at radius 1 is 1.03 bits per heavy atom. The lowest BCUT2D eigenvalue weighted by Gasteiger charge is -2.22. The van der Waals surface area contributed by atoms with Crippen LogP contribution in [-0.4, -0.2) is 47.5 Å². The van der Waals surface area contributed by atoms with Crippen LogP contribution in [0.1, 0.15) is 20.3 Å². The van der Waals surface area contributed by atoms with Crippen LogP contribution in [0.4, 0.5) is 4.79 Å². The molecule has 5 nitrogen and oxygen atoms in total. The van der Waals surface area contributed by atoms with E-state index in [1.165, 1.54) is 9.80 Å². The van der Waals surface area contributed by atoms with E-state index in [0.717, 1.165) is 16.9 Å². The number of imide groups is 1. The van der Waals surface area contributed by atoms with E-state index in [1.807, 2.05) is 48.5 Å². The molecule has 1 aliphatic heterocycles. The van der Waals surface area contributed by atoms with Crippen molar-refractivity contribution in [2.75, 3.05) is 20.2 Å². The fraction of sp³-hybridized carbons (Fsp3) is 0.333. The normalized spacial score (nSPS) is 16.8. The topological polar surface area (TPSA) is 49.9 Å². The van der Waals surface area contributed by atoms with Crippen molar-refractivity contribution in [2.45, 2.75) is 25.8 Å². The number of likely N-dealkylation sites (N-methyl/N-ethyl adjacent to an activating group) is 1. The number of hydrogen-bond donors (Lipinski definition) is 0. The molecule has 0 saturated carbocycles. The summed E-state index contributed by atoms with van der Waals surface area (Å²) in [5.74, 6) is 0.661. The maximum Gasteiger partial charge on any atom is 0.327 e. The molecule has 2 aromatic rings. The molecule has 0 aliphatic carbocycles. The quantitative estimate of drug-likeness (QED) is 0.487. The average Bonchev–Trinajstić information content (AvgIpc) is 2.89. The number of ether oxygens (including phenoxy) is 1. The molecule has 2 aromatic carbocycles. The number of carbonyl (C=O) groups excluding carboxylic acids is 2. The van der Waals surface area contributed by atoms with Gasteiger partial charge in [0.25, 0.3) is 5.91 Å². The average molecular weight is 392 g/mol. The summed E-state index contributed by atoms with van der Waals surface area (Å²) in [4.78, 5) is 27.6. The van der Waals surface area contributed by atoms with Crippen LogP contribution in [-0.2, 0) is 4.79 Å². The highest BCUT2D eigenvalue weighted by molar-refractivity contribution is 6.06. The van der Waals surface area contributed by atoms with Crippen LogP contribution >= 0.6 is 0 Å². The Hall–Kier alpha value is -3.08. The molecule has 1 saturated heterocycles. The molecule has 0 N–H and O–H groups in total. The molecule has 3 amide bonds. The van der Waals surface area contributed by atoms with Crippen molar-refractivity contribution in [2.24, 2.45) is 5.92 Å². The van der Waals surface area contributed by atoms with Crippen molar-refractivity contribution in [3.8, 4) is 16.9 Å². The summed E-state index contributed by atoms with van der Waals surface area (Å²) < 4.78 is 5.91. The molecule has 3 rings (SSSR count). The molecular formula is C24H28N2O3. The summed E-state index contributed by atoms with van der Waals surface area (Å²) in [5, 5.41) is 0.